The first-order valence-electron chi connectivity index (χ1n) is 10.0. The predicted molar refractivity (Wildman–Crippen MR) is 109 cm³/mol. The molecule has 1 aromatic carbocycles. The van der Waals surface area contributed by atoms with Crippen molar-refractivity contribution in [1.29, 1.82) is 0 Å². The molecule has 1 aliphatic rings. The summed E-state index contributed by atoms with van der Waals surface area (Å²) in [5.41, 5.74) is 1.33. The topological polar surface area (TPSA) is 74.5 Å². The maximum atomic E-state index is 9.67. The van der Waals surface area contributed by atoms with Gasteiger partial charge >= 0.3 is 0 Å². The maximum Gasteiger partial charge on any atom is 0.191 e. The summed E-state index contributed by atoms with van der Waals surface area (Å²) in [6, 6.07) is 10.9. The molecule has 2 aromatic rings. The molecule has 0 unspecified atom stereocenters. The molecule has 146 valence electrons. The van der Waals surface area contributed by atoms with Gasteiger partial charge < -0.3 is 20.3 Å². The molecule has 0 aliphatic heterocycles. The standard InChI is InChI=1S/C21H31N5O/c1-2-22-21(25-18-8-10-19(27)11-9-18)24-16-20-23-13-15-26(20)14-12-17-6-4-3-5-7-17/h3-7,13,15,18-19,27H,2,8-12,14,16H2,1H3,(H2,22,24,25). The minimum atomic E-state index is -0.139. The van der Waals surface area contributed by atoms with Gasteiger partial charge in [0.25, 0.3) is 0 Å². The molecule has 3 N–H and O–H groups in total. The fourth-order valence-electron chi connectivity index (χ4n) is 3.47. The third-order valence-corrected chi connectivity index (χ3v) is 5.05. The first kappa shape index (κ1) is 19.4. The molecule has 0 amide bonds. The highest BCUT2D eigenvalue weighted by Crippen LogP contribution is 2.18. The van der Waals surface area contributed by atoms with Crippen molar-refractivity contribution < 1.29 is 5.11 Å². The van der Waals surface area contributed by atoms with Crippen LogP contribution in [0.3, 0.4) is 0 Å². The Hall–Kier alpha value is -2.34. The summed E-state index contributed by atoms with van der Waals surface area (Å²) < 4.78 is 2.18. The van der Waals surface area contributed by atoms with E-state index in [0.29, 0.717) is 12.6 Å². The molecule has 1 fully saturated rings. The number of nitrogens with zero attached hydrogens (tertiary/aromatic N) is 3. The van der Waals surface area contributed by atoms with Crippen LogP contribution in [0.2, 0.25) is 0 Å². The number of aryl methyl sites for hydroxylation is 2. The van der Waals surface area contributed by atoms with Crippen molar-refractivity contribution in [3.05, 3.63) is 54.1 Å². The summed E-state index contributed by atoms with van der Waals surface area (Å²) in [7, 11) is 0. The summed E-state index contributed by atoms with van der Waals surface area (Å²) in [4.78, 5) is 9.22. The van der Waals surface area contributed by atoms with Crippen molar-refractivity contribution >= 4 is 5.96 Å². The van der Waals surface area contributed by atoms with Gasteiger partial charge in [-0.25, -0.2) is 9.98 Å². The zero-order chi connectivity index (χ0) is 18.9. The summed E-state index contributed by atoms with van der Waals surface area (Å²) in [6.45, 7) is 4.35. The van der Waals surface area contributed by atoms with Crippen LogP contribution in [0.5, 0.6) is 0 Å². The van der Waals surface area contributed by atoms with Crippen LogP contribution in [-0.4, -0.2) is 39.3 Å². The average molecular weight is 370 g/mol. The summed E-state index contributed by atoms with van der Waals surface area (Å²) in [5.74, 6) is 1.80. The Morgan fingerprint density at radius 1 is 1.22 bits per heavy atom. The number of aliphatic imine (C=N–C) groups is 1. The number of rotatable bonds is 7. The van der Waals surface area contributed by atoms with E-state index in [2.05, 4.69) is 51.4 Å². The maximum absolute atomic E-state index is 9.67. The molecule has 27 heavy (non-hydrogen) atoms. The largest absolute Gasteiger partial charge is 0.393 e. The van der Waals surface area contributed by atoms with E-state index in [4.69, 9.17) is 4.99 Å². The zero-order valence-electron chi connectivity index (χ0n) is 16.1. The number of hydrogen-bond acceptors (Lipinski definition) is 3. The highest BCUT2D eigenvalue weighted by atomic mass is 16.3. The van der Waals surface area contributed by atoms with Gasteiger partial charge in [-0.05, 0) is 44.6 Å². The van der Waals surface area contributed by atoms with Gasteiger partial charge in [-0.2, -0.15) is 0 Å². The normalized spacial score (nSPS) is 20.4. The molecule has 1 heterocycles. The molecular formula is C21H31N5O. The predicted octanol–water partition coefficient (Wildman–Crippen LogP) is 2.48. The molecule has 1 aliphatic carbocycles. The molecule has 0 bridgehead atoms. The van der Waals surface area contributed by atoms with Crippen molar-refractivity contribution in [2.24, 2.45) is 4.99 Å². The van der Waals surface area contributed by atoms with Crippen molar-refractivity contribution in [2.45, 2.75) is 64.3 Å². The number of nitrogens with one attached hydrogen (secondary N) is 2. The third kappa shape index (κ3) is 6.10. The molecule has 0 spiro atoms. The van der Waals surface area contributed by atoms with Crippen molar-refractivity contribution in [2.75, 3.05) is 6.54 Å². The Labute approximate surface area is 161 Å². The van der Waals surface area contributed by atoms with Crippen molar-refractivity contribution in [1.82, 2.24) is 20.2 Å². The van der Waals surface area contributed by atoms with Crippen LogP contribution >= 0.6 is 0 Å². The third-order valence-electron chi connectivity index (χ3n) is 5.05. The number of guanidine groups is 1. The zero-order valence-corrected chi connectivity index (χ0v) is 16.1. The second-order valence-corrected chi connectivity index (χ2v) is 7.12. The smallest absolute Gasteiger partial charge is 0.191 e. The number of imidazole rings is 1. The minimum Gasteiger partial charge on any atom is -0.393 e. The first-order chi connectivity index (χ1) is 13.2. The van der Waals surface area contributed by atoms with Crippen LogP contribution in [-0.2, 0) is 19.5 Å². The van der Waals surface area contributed by atoms with Crippen LogP contribution in [0.1, 0.15) is 44.0 Å². The monoisotopic (exact) mass is 369 g/mol. The van der Waals surface area contributed by atoms with Crippen molar-refractivity contribution in [3.63, 3.8) is 0 Å². The lowest BCUT2D eigenvalue weighted by atomic mass is 9.93. The van der Waals surface area contributed by atoms with E-state index in [1.54, 1.807) is 0 Å². The molecule has 0 atom stereocenters. The molecule has 1 saturated carbocycles. The lowest BCUT2D eigenvalue weighted by Crippen LogP contribution is -2.45. The average Bonchev–Trinajstić information content (AvgIpc) is 3.14. The SMILES string of the molecule is CCNC(=NCc1nccn1CCc1ccccc1)NC1CCC(O)CC1. The van der Waals surface area contributed by atoms with Crippen molar-refractivity contribution in [3.8, 4) is 0 Å². The Morgan fingerprint density at radius 3 is 2.74 bits per heavy atom. The lowest BCUT2D eigenvalue weighted by molar-refractivity contribution is 0.120. The quantitative estimate of drug-likeness (QED) is 0.518. The Bertz CT molecular complexity index is 704. The molecule has 6 nitrogen and oxygen atoms in total. The van der Waals surface area contributed by atoms with Gasteiger partial charge in [-0.3, -0.25) is 0 Å². The van der Waals surface area contributed by atoms with E-state index in [-0.39, 0.29) is 6.10 Å². The minimum absolute atomic E-state index is 0.139. The van der Waals surface area contributed by atoms with E-state index in [0.717, 1.165) is 57.0 Å². The van der Waals surface area contributed by atoms with Crippen LogP contribution in [0.25, 0.3) is 0 Å². The molecule has 6 heteroatoms. The summed E-state index contributed by atoms with van der Waals surface area (Å²) >= 11 is 0. The molecule has 0 radical (unpaired) electrons. The van der Waals surface area contributed by atoms with Crippen LogP contribution in [0.4, 0.5) is 0 Å². The molecule has 3 rings (SSSR count). The lowest BCUT2D eigenvalue weighted by Gasteiger charge is -2.27. The summed E-state index contributed by atoms with van der Waals surface area (Å²) in [5, 5.41) is 16.5. The van der Waals surface area contributed by atoms with Gasteiger partial charge in [-0.1, -0.05) is 30.3 Å². The fraction of sp³-hybridized carbons (Fsp3) is 0.524. The van der Waals surface area contributed by atoms with Crippen LogP contribution < -0.4 is 10.6 Å². The Kier molecular flexibility index (Phi) is 7.27. The van der Waals surface area contributed by atoms with E-state index < -0.39 is 0 Å². The fourth-order valence-corrected chi connectivity index (χ4v) is 3.47. The number of benzene rings is 1. The van der Waals surface area contributed by atoms with Gasteiger partial charge in [0.15, 0.2) is 5.96 Å². The second kappa shape index (κ2) is 10.1. The number of hydrogen-bond donors (Lipinski definition) is 3. The van der Waals surface area contributed by atoms with E-state index in [1.165, 1.54) is 5.56 Å². The molecule has 0 saturated heterocycles. The van der Waals surface area contributed by atoms with Gasteiger partial charge in [0.1, 0.15) is 12.4 Å². The van der Waals surface area contributed by atoms with Crippen LogP contribution in [0.15, 0.2) is 47.7 Å². The van der Waals surface area contributed by atoms with E-state index >= 15 is 0 Å². The highest BCUT2D eigenvalue weighted by Gasteiger charge is 2.20. The molecule has 1 aromatic heterocycles. The Morgan fingerprint density at radius 2 is 2.00 bits per heavy atom. The van der Waals surface area contributed by atoms with Gasteiger partial charge in [0, 0.05) is 31.5 Å². The Balaban J connectivity index is 1.56. The highest BCUT2D eigenvalue weighted by molar-refractivity contribution is 5.80. The second-order valence-electron chi connectivity index (χ2n) is 7.12. The first-order valence-corrected chi connectivity index (χ1v) is 10.0. The number of aromatic nitrogens is 2. The van der Waals surface area contributed by atoms with E-state index in [1.807, 2.05) is 18.5 Å². The molecular weight excluding hydrogens is 338 g/mol. The van der Waals surface area contributed by atoms with Gasteiger partial charge in [-0.15, -0.1) is 0 Å². The summed E-state index contributed by atoms with van der Waals surface area (Å²) in [6.07, 6.45) is 8.40. The number of aliphatic hydroxyl groups excluding tert-OH is 1. The van der Waals surface area contributed by atoms with Gasteiger partial charge in [0.2, 0.25) is 0 Å². The van der Waals surface area contributed by atoms with E-state index in [9.17, 15) is 5.11 Å². The van der Waals surface area contributed by atoms with Crippen LogP contribution in [0, 0.1) is 0 Å². The number of aliphatic hydroxyl groups is 1. The van der Waals surface area contributed by atoms with Gasteiger partial charge in [0.05, 0.1) is 6.10 Å².